The molecule has 2 aromatic heterocycles. The van der Waals surface area contributed by atoms with Crippen LogP contribution in [0.15, 0.2) is 42.7 Å². The van der Waals surface area contributed by atoms with Gasteiger partial charge in [-0.1, -0.05) is 30.3 Å². The smallest absolute Gasteiger partial charge is 0.295 e. The minimum absolute atomic E-state index is 0.162. The lowest BCUT2D eigenvalue weighted by Crippen LogP contribution is -2.18. The quantitative estimate of drug-likeness (QED) is 0.761. The summed E-state index contributed by atoms with van der Waals surface area (Å²) < 4.78 is 3.50. The molecule has 0 saturated heterocycles. The summed E-state index contributed by atoms with van der Waals surface area (Å²) in [4.78, 5) is 16.5. The summed E-state index contributed by atoms with van der Waals surface area (Å²) in [6.45, 7) is 2.28. The number of anilines is 2. The Morgan fingerprint density at radius 2 is 2.17 bits per heavy atom. The molecule has 0 bridgehead atoms. The summed E-state index contributed by atoms with van der Waals surface area (Å²) in [5.41, 5.74) is 1.77. The van der Waals surface area contributed by atoms with Gasteiger partial charge in [0.05, 0.1) is 18.4 Å². The van der Waals surface area contributed by atoms with Gasteiger partial charge in [-0.05, 0) is 12.0 Å². The zero-order chi connectivity index (χ0) is 16.4. The summed E-state index contributed by atoms with van der Waals surface area (Å²) >= 11 is 0. The molecule has 1 aliphatic rings. The number of hydrogen-bond acceptors (Lipinski definition) is 5. The van der Waals surface area contributed by atoms with Crippen LogP contribution in [0.2, 0.25) is 0 Å². The molecule has 0 unspecified atom stereocenters. The van der Waals surface area contributed by atoms with Crippen LogP contribution >= 0.6 is 0 Å². The largest absolute Gasteiger partial charge is 0.354 e. The van der Waals surface area contributed by atoms with Crippen LogP contribution in [-0.2, 0) is 13.1 Å². The first-order valence-electron chi connectivity index (χ1n) is 7.84. The highest BCUT2D eigenvalue weighted by Gasteiger charge is 2.18. The molecular weight excluding hydrogens is 306 g/mol. The van der Waals surface area contributed by atoms with Gasteiger partial charge in [-0.3, -0.25) is 9.48 Å². The van der Waals surface area contributed by atoms with Crippen LogP contribution in [-0.4, -0.2) is 37.0 Å². The Hall–Kier alpha value is -3.16. The second kappa shape index (κ2) is 6.15. The van der Waals surface area contributed by atoms with Gasteiger partial charge in [-0.2, -0.15) is 10.1 Å². The summed E-state index contributed by atoms with van der Waals surface area (Å²) in [6.07, 6.45) is 4.39. The number of carbonyl (C=O) groups excluding carboxylic acids is 1. The molecule has 8 nitrogen and oxygen atoms in total. The fraction of sp³-hybridized carbons (Fsp3) is 0.250. The maximum atomic E-state index is 12.3. The average molecular weight is 323 g/mol. The van der Waals surface area contributed by atoms with Gasteiger partial charge >= 0.3 is 0 Å². The predicted octanol–water partition coefficient (Wildman–Crippen LogP) is 1.59. The second-order valence-corrected chi connectivity index (χ2v) is 5.63. The number of nitrogens with one attached hydrogen (secondary N) is 2. The second-order valence-electron chi connectivity index (χ2n) is 5.63. The highest BCUT2D eigenvalue weighted by molar-refractivity contribution is 6.01. The number of amides is 1. The van der Waals surface area contributed by atoms with Crippen molar-refractivity contribution >= 4 is 17.5 Å². The van der Waals surface area contributed by atoms with Gasteiger partial charge in [0.2, 0.25) is 11.8 Å². The van der Waals surface area contributed by atoms with E-state index in [1.807, 2.05) is 30.3 Å². The standard InChI is InChI=1S/C16H17N7O/c24-15(14-20-16-17-7-4-8-23(16)21-14)19-13-9-18-22(11-13)10-12-5-2-1-3-6-12/h1-3,5-6,9,11H,4,7-8,10H2,(H,19,24)(H,17,20,21). The number of aryl methyl sites for hydroxylation is 1. The zero-order valence-corrected chi connectivity index (χ0v) is 13.0. The molecule has 24 heavy (non-hydrogen) atoms. The Morgan fingerprint density at radius 1 is 1.29 bits per heavy atom. The Bertz CT molecular complexity index is 829. The summed E-state index contributed by atoms with van der Waals surface area (Å²) in [5.74, 6) is 0.472. The van der Waals surface area contributed by atoms with Crippen LogP contribution in [0.1, 0.15) is 22.6 Å². The van der Waals surface area contributed by atoms with Crippen molar-refractivity contribution in [2.45, 2.75) is 19.5 Å². The average Bonchev–Trinajstić information content (AvgIpc) is 3.22. The number of carbonyl (C=O) groups is 1. The fourth-order valence-electron chi connectivity index (χ4n) is 2.63. The van der Waals surface area contributed by atoms with Gasteiger partial charge in [0.1, 0.15) is 0 Å². The summed E-state index contributed by atoms with van der Waals surface area (Å²) in [7, 11) is 0. The molecule has 3 aromatic rings. The number of nitrogens with zero attached hydrogens (tertiary/aromatic N) is 5. The molecule has 0 radical (unpaired) electrons. The SMILES string of the molecule is O=C(Nc1cnn(Cc2ccccc2)c1)c1nc2n(n1)CCCN2. The van der Waals surface area contributed by atoms with Crippen molar-refractivity contribution in [3.8, 4) is 0 Å². The first kappa shape index (κ1) is 14.4. The molecule has 3 heterocycles. The molecule has 0 fully saturated rings. The van der Waals surface area contributed by atoms with E-state index in [0.717, 1.165) is 25.1 Å². The molecular formula is C16H17N7O. The third kappa shape index (κ3) is 2.98. The molecule has 1 amide bonds. The summed E-state index contributed by atoms with van der Waals surface area (Å²) in [6, 6.07) is 10.0. The molecule has 2 N–H and O–H groups in total. The summed E-state index contributed by atoms with van der Waals surface area (Å²) in [5, 5.41) is 14.4. The molecule has 0 spiro atoms. The number of benzene rings is 1. The van der Waals surface area contributed by atoms with Crippen LogP contribution in [0.3, 0.4) is 0 Å². The third-order valence-corrected chi connectivity index (χ3v) is 3.78. The van der Waals surface area contributed by atoms with E-state index in [9.17, 15) is 4.79 Å². The zero-order valence-electron chi connectivity index (χ0n) is 13.0. The van der Waals surface area contributed by atoms with E-state index in [2.05, 4.69) is 25.8 Å². The van der Waals surface area contributed by atoms with E-state index in [1.54, 1.807) is 21.8 Å². The highest BCUT2D eigenvalue weighted by Crippen LogP contribution is 2.13. The van der Waals surface area contributed by atoms with Crippen molar-refractivity contribution in [1.29, 1.82) is 0 Å². The first-order chi connectivity index (χ1) is 11.8. The molecule has 0 atom stereocenters. The number of hydrogen-bond donors (Lipinski definition) is 2. The van der Waals surface area contributed by atoms with Crippen LogP contribution in [0.5, 0.6) is 0 Å². The third-order valence-electron chi connectivity index (χ3n) is 3.78. The minimum Gasteiger partial charge on any atom is -0.354 e. The van der Waals surface area contributed by atoms with E-state index < -0.39 is 0 Å². The Labute approximate surface area is 138 Å². The van der Waals surface area contributed by atoms with E-state index in [0.29, 0.717) is 18.2 Å². The normalized spacial score (nSPS) is 13.2. The van der Waals surface area contributed by atoms with Gasteiger partial charge in [0.15, 0.2) is 0 Å². The minimum atomic E-state index is -0.335. The number of rotatable bonds is 4. The molecule has 0 aliphatic carbocycles. The van der Waals surface area contributed by atoms with Crippen molar-refractivity contribution in [3.63, 3.8) is 0 Å². The van der Waals surface area contributed by atoms with E-state index in [1.165, 1.54) is 0 Å². The predicted molar refractivity (Wildman–Crippen MR) is 88.9 cm³/mol. The lowest BCUT2D eigenvalue weighted by molar-refractivity contribution is 0.101. The van der Waals surface area contributed by atoms with Crippen molar-refractivity contribution in [1.82, 2.24) is 24.5 Å². The highest BCUT2D eigenvalue weighted by atomic mass is 16.2. The molecule has 4 rings (SSSR count). The van der Waals surface area contributed by atoms with E-state index in [4.69, 9.17) is 0 Å². The molecule has 0 saturated carbocycles. The molecule has 122 valence electrons. The maximum Gasteiger partial charge on any atom is 0.295 e. The van der Waals surface area contributed by atoms with Gasteiger partial charge < -0.3 is 10.6 Å². The molecule has 1 aliphatic heterocycles. The Kier molecular flexibility index (Phi) is 3.70. The lowest BCUT2D eigenvalue weighted by Gasteiger charge is -2.12. The van der Waals surface area contributed by atoms with Crippen LogP contribution in [0.4, 0.5) is 11.6 Å². The maximum absolute atomic E-state index is 12.3. The monoisotopic (exact) mass is 323 g/mol. The van der Waals surface area contributed by atoms with Crippen molar-refractivity contribution in [2.24, 2.45) is 0 Å². The fourth-order valence-corrected chi connectivity index (χ4v) is 2.63. The molecule has 8 heteroatoms. The van der Waals surface area contributed by atoms with Crippen LogP contribution < -0.4 is 10.6 Å². The topological polar surface area (TPSA) is 89.7 Å². The Balaban J connectivity index is 1.43. The molecule has 1 aromatic carbocycles. The van der Waals surface area contributed by atoms with Gasteiger partial charge in [0.25, 0.3) is 5.91 Å². The van der Waals surface area contributed by atoms with Crippen molar-refractivity contribution in [3.05, 3.63) is 54.1 Å². The Morgan fingerprint density at radius 3 is 3.00 bits per heavy atom. The van der Waals surface area contributed by atoms with Gasteiger partial charge in [-0.25, -0.2) is 4.68 Å². The van der Waals surface area contributed by atoms with E-state index in [-0.39, 0.29) is 11.7 Å². The van der Waals surface area contributed by atoms with E-state index >= 15 is 0 Å². The van der Waals surface area contributed by atoms with Gasteiger partial charge in [-0.15, -0.1) is 5.10 Å². The number of aromatic nitrogens is 5. The van der Waals surface area contributed by atoms with Gasteiger partial charge in [0, 0.05) is 19.3 Å². The number of fused-ring (bicyclic) bond motifs is 1. The van der Waals surface area contributed by atoms with Crippen LogP contribution in [0, 0.1) is 0 Å². The first-order valence-corrected chi connectivity index (χ1v) is 7.84. The van der Waals surface area contributed by atoms with Crippen molar-refractivity contribution in [2.75, 3.05) is 17.2 Å². The lowest BCUT2D eigenvalue weighted by atomic mass is 10.2. The van der Waals surface area contributed by atoms with Crippen LogP contribution in [0.25, 0.3) is 0 Å². The van der Waals surface area contributed by atoms with Crippen molar-refractivity contribution < 1.29 is 4.79 Å².